The molecule has 0 spiro atoms. The molecule has 0 heterocycles. The van der Waals surface area contributed by atoms with Crippen LogP contribution in [0.25, 0.3) is 0 Å². The van der Waals surface area contributed by atoms with Gasteiger partial charge in [0.2, 0.25) is 5.91 Å². The van der Waals surface area contributed by atoms with Crippen LogP contribution in [-0.4, -0.2) is 30.4 Å². The normalized spacial score (nSPS) is 18.6. The fraction of sp³-hybridized carbons (Fsp3) is 0.364. The van der Waals surface area contributed by atoms with Gasteiger partial charge >= 0.3 is 6.18 Å². The van der Waals surface area contributed by atoms with Gasteiger partial charge in [-0.2, -0.15) is 13.2 Å². The van der Waals surface area contributed by atoms with E-state index in [9.17, 15) is 22.8 Å². The molecule has 3 N–H and O–H groups in total. The van der Waals surface area contributed by atoms with Gasteiger partial charge in [-0.25, -0.2) is 0 Å². The van der Waals surface area contributed by atoms with Crippen molar-refractivity contribution in [3.05, 3.63) is 70.2 Å². The molecular weight excluding hydrogens is 431 g/mol. The van der Waals surface area contributed by atoms with E-state index in [2.05, 4.69) is 16.0 Å². The molecule has 2 aromatic rings. The molecule has 3 rings (SSSR count). The number of benzene rings is 2. The van der Waals surface area contributed by atoms with Crippen LogP contribution in [0.4, 0.5) is 13.2 Å². The van der Waals surface area contributed by atoms with Crippen molar-refractivity contribution in [1.82, 2.24) is 16.0 Å². The van der Waals surface area contributed by atoms with Gasteiger partial charge in [-0.1, -0.05) is 29.8 Å². The number of alkyl halides is 3. The Morgan fingerprint density at radius 1 is 1.03 bits per heavy atom. The summed E-state index contributed by atoms with van der Waals surface area (Å²) in [5, 5.41) is 9.38. The Morgan fingerprint density at radius 2 is 1.74 bits per heavy atom. The number of hydrogen-bond acceptors (Lipinski definition) is 3. The first-order valence-electron chi connectivity index (χ1n) is 9.95. The summed E-state index contributed by atoms with van der Waals surface area (Å²) in [5.41, 5.74) is 0.0193. The first-order chi connectivity index (χ1) is 14.7. The fourth-order valence-corrected chi connectivity index (χ4v) is 3.71. The Labute approximate surface area is 183 Å². The average molecular weight is 454 g/mol. The van der Waals surface area contributed by atoms with Crippen molar-refractivity contribution in [3.8, 4) is 0 Å². The van der Waals surface area contributed by atoms with Crippen LogP contribution >= 0.6 is 11.6 Å². The third-order valence-electron chi connectivity index (χ3n) is 5.21. The highest BCUT2D eigenvalue weighted by Crippen LogP contribution is 2.29. The second-order valence-corrected chi connectivity index (χ2v) is 7.92. The number of rotatable bonds is 7. The summed E-state index contributed by atoms with van der Waals surface area (Å²) in [5.74, 6) is -1.12. The standard InChI is InChI=1S/C22H23ClF3N3O2/c23-17-9-7-14(8-10-17)12-27-18-5-2-6-19(18)29-20(30)13-28-21(31)15-3-1-4-16(11-15)22(24,25)26/h1,3-4,7-11,18-19,27H,2,5-6,12-13H2,(H,28,31)(H,29,30)/t18-,19+/m1/s1. The third kappa shape index (κ3) is 6.70. The zero-order valence-electron chi connectivity index (χ0n) is 16.6. The Balaban J connectivity index is 1.47. The summed E-state index contributed by atoms with van der Waals surface area (Å²) < 4.78 is 38.4. The first-order valence-corrected chi connectivity index (χ1v) is 10.3. The van der Waals surface area contributed by atoms with Gasteiger partial charge in [-0.15, -0.1) is 0 Å². The number of hydrogen-bond donors (Lipinski definition) is 3. The van der Waals surface area contributed by atoms with Crippen molar-refractivity contribution in [2.24, 2.45) is 0 Å². The lowest BCUT2D eigenvalue weighted by Crippen LogP contribution is -2.49. The summed E-state index contributed by atoms with van der Waals surface area (Å²) in [6, 6.07) is 11.6. The van der Waals surface area contributed by atoms with Crippen molar-refractivity contribution in [2.45, 2.75) is 44.1 Å². The SMILES string of the molecule is O=C(CNC(=O)c1cccc(C(F)(F)F)c1)N[C@H]1CCC[C@H]1NCc1ccc(Cl)cc1. The summed E-state index contributed by atoms with van der Waals surface area (Å²) in [4.78, 5) is 24.4. The number of halogens is 4. The minimum atomic E-state index is -4.54. The zero-order valence-corrected chi connectivity index (χ0v) is 17.4. The molecule has 1 saturated carbocycles. The van der Waals surface area contributed by atoms with Crippen LogP contribution in [0.2, 0.25) is 5.02 Å². The maximum Gasteiger partial charge on any atom is 0.416 e. The molecule has 2 atom stereocenters. The topological polar surface area (TPSA) is 70.2 Å². The number of amides is 2. The van der Waals surface area contributed by atoms with Crippen molar-refractivity contribution < 1.29 is 22.8 Å². The molecule has 0 unspecified atom stereocenters. The van der Waals surface area contributed by atoms with E-state index in [0.717, 1.165) is 43.0 Å². The molecule has 0 bridgehead atoms. The molecule has 1 aliphatic rings. The number of carbonyl (C=O) groups excluding carboxylic acids is 2. The third-order valence-corrected chi connectivity index (χ3v) is 5.46. The second kappa shape index (κ2) is 10.2. The molecule has 0 aromatic heterocycles. The molecule has 0 radical (unpaired) electrons. The predicted molar refractivity (Wildman–Crippen MR) is 112 cm³/mol. The smallest absolute Gasteiger partial charge is 0.350 e. The average Bonchev–Trinajstić information content (AvgIpc) is 3.18. The van der Waals surface area contributed by atoms with E-state index in [0.29, 0.717) is 11.6 Å². The predicted octanol–water partition coefficient (Wildman–Crippen LogP) is 3.92. The summed E-state index contributed by atoms with van der Waals surface area (Å²) in [6.07, 6.45) is -1.86. The van der Waals surface area contributed by atoms with Crippen LogP contribution in [0.5, 0.6) is 0 Å². The lowest BCUT2D eigenvalue weighted by atomic mass is 10.1. The Bertz CT molecular complexity index is 919. The molecule has 2 aromatic carbocycles. The molecule has 9 heteroatoms. The molecule has 1 fully saturated rings. The van der Waals surface area contributed by atoms with Crippen molar-refractivity contribution in [1.29, 1.82) is 0 Å². The summed E-state index contributed by atoms with van der Waals surface area (Å²) >= 11 is 5.89. The van der Waals surface area contributed by atoms with Gasteiger partial charge in [0.05, 0.1) is 12.1 Å². The number of carbonyl (C=O) groups is 2. The van der Waals surface area contributed by atoms with E-state index in [-0.39, 0.29) is 30.1 Å². The van der Waals surface area contributed by atoms with Gasteiger partial charge in [0.15, 0.2) is 0 Å². The quantitative estimate of drug-likeness (QED) is 0.595. The van der Waals surface area contributed by atoms with E-state index in [1.54, 1.807) is 0 Å². The molecule has 5 nitrogen and oxygen atoms in total. The van der Waals surface area contributed by atoms with Crippen LogP contribution in [-0.2, 0) is 17.5 Å². The maximum absolute atomic E-state index is 12.8. The van der Waals surface area contributed by atoms with E-state index in [1.807, 2.05) is 24.3 Å². The van der Waals surface area contributed by atoms with Gasteiger partial charge in [0.1, 0.15) is 0 Å². The first kappa shape index (κ1) is 23.1. The van der Waals surface area contributed by atoms with Crippen LogP contribution in [0, 0.1) is 0 Å². The van der Waals surface area contributed by atoms with Crippen molar-refractivity contribution >= 4 is 23.4 Å². The van der Waals surface area contributed by atoms with E-state index in [4.69, 9.17) is 11.6 Å². The van der Waals surface area contributed by atoms with E-state index >= 15 is 0 Å². The largest absolute Gasteiger partial charge is 0.416 e. The lowest BCUT2D eigenvalue weighted by molar-refractivity contribution is -0.137. The summed E-state index contributed by atoms with van der Waals surface area (Å²) in [7, 11) is 0. The molecule has 31 heavy (non-hydrogen) atoms. The van der Waals surface area contributed by atoms with Gasteiger partial charge in [-0.3, -0.25) is 9.59 Å². The molecule has 0 aliphatic heterocycles. The van der Waals surface area contributed by atoms with Gasteiger partial charge in [0, 0.05) is 29.2 Å². The summed E-state index contributed by atoms with van der Waals surface area (Å²) in [6.45, 7) is 0.329. The highest BCUT2D eigenvalue weighted by atomic mass is 35.5. The maximum atomic E-state index is 12.8. The molecule has 166 valence electrons. The Hall–Kier alpha value is -2.58. The van der Waals surface area contributed by atoms with Crippen LogP contribution in [0.15, 0.2) is 48.5 Å². The fourth-order valence-electron chi connectivity index (χ4n) is 3.59. The highest BCUT2D eigenvalue weighted by Gasteiger charge is 2.31. The van der Waals surface area contributed by atoms with Gasteiger partial charge < -0.3 is 16.0 Å². The number of nitrogens with one attached hydrogen (secondary N) is 3. The minimum absolute atomic E-state index is 0.0785. The molecule has 2 amide bonds. The van der Waals surface area contributed by atoms with Crippen molar-refractivity contribution in [2.75, 3.05) is 6.54 Å². The molecule has 1 aliphatic carbocycles. The minimum Gasteiger partial charge on any atom is -0.350 e. The Kier molecular flexibility index (Phi) is 7.56. The van der Waals surface area contributed by atoms with E-state index < -0.39 is 17.6 Å². The van der Waals surface area contributed by atoms with Gasteiger partial charge in [-0.05, 0) is 55.2 Å². The van der Waals surface area contributed by atoms with Gasteiger partial charge in [0.25, 0.3) is 5.91 Å². The lowest BCUT2D eigenvalue weighted by Gasteiger charge is -2.22. The Morgan fingerprint density at radius 3 is 2.45 bits per heavy atom. The van der Waals surface area contributed by atoms with Crippen molar-refractivity contribution in [3.63, 3.8) is 0 Å². The molecule has 0 saturated heterocycles. The zero-order chi connectivity index (χ0) is 22.4. The van der Waals surface area contributed by atoms with Crippen LogP contribution in [0.1, 0.15) is 40.7 Å². The molecular formula is C22H23ClF3N3O2. The highest BCUT2D eigenvalue weighted by molar-refractivity contribution is 6.30. The van der Waals surface area contributed by atoms with Crippen LogP contribution < -0.4 is 16.0 Å². The monoisotopic (exact) mass is 453 g/mol. The van der Waals surface area contributed by atoms with Crippen LogP contribution in [0.3, 0.4) is 0 Å². The van der Waals surface area contributed by atoms with E-state index in [1.165, 1.54) is 6.07 Å². The second-order valence-electron chi connectivity index (χ2n) is 7.48.